The second-order valence-electron chi connectivity index (χ2n) is 2.91. The van der Waals surface area contributed by atoms with E-state index < -0.39 is 0 Å². The Morgan fingerprint density at radius 2 is 2.36 bits per heavy atom. The van der Waals surface area contributed by atoms with Crippen LogP contribution in [0.4, 0.5) is 0 Å². The molecule has 0 aliphatic heterocycles. The summed E-state index contributed by atoms with van der Waals surface area (Å²) in [5.74, 6) is 5.53. The molecule has 1 atom stereocenters. The average Bonchev–Trinajstić information content (AvgIpc) is 2.79. The number of aryl methyl sites for hydroxylation is 1. The number of thiophene rings is 1. The first-order valence-corrected chi connectivity index (χ1v) is 5.98. The number of aromatic nitrogens is 1. The molecule has 2 aromatic rings. The molecule has 1 unspecified atom stereocenters. The van der Waals surface area contributed by atoms with Gasteiger partial charge in [-0.3, -0.25) is 5.84 Å². The highest BCUT2D eigenvalue weighted by Gasteiger charge is 2.15. The van der Waals surface area contributed by atoms with Crippen molar-refractivity contribution in [3.63, 3.8) is 0 Å². The Kier molecular flexibility index (Phi) is 2.93. The molecular weight excluding hydrogens is 214 g/mol. The third-order valence-corrected chi connectivity index (χ3v) is 3.66. The molecule has 0 fully saturated rings. The van der Waals surface area contributed by atoms with Crippen molar-refractivity contribution in [1.29, 1.82) is 0 Å². The lowest BCUT2D eigenvalue weighted by molar-refractivity contribution is 0.632. The van der Waals surface area contributed by atoms with Crippen LogP contribution < -0.4 is 11.3 Å². The van der Waals surface area contributed by atoms with Gasteiger partial charge in [0.05, 0.1) is 16.7 Å². The molecule has 2 heterocycles. The lowest BCUT2D eigenvalue weighted by atomic mass is 10.2. The van der Waals surface area contributed by atoms with Gasteiger partial charge in [0.2, 0.25) is 0 Å². The Bertz CT molecular complexity index is 394. The van der Waals surface area contributed by atoms with Gasteiger partial charge in [0.1, 0.15) is 0 Å². The number of rotatable bonds is 3. The molecule has 3 N–H and O–H groups in total. The van der Waals surface area contributed by atoms with Crippen LogP contribution >= 0.6 is 22.7 Å². The summed E-state index contributed by atoms with van der Waals surface area (Å²) in [4.78, 5) is 5.61. The van der Waals surface area contributed by atoms with Gasteiger partial charge in [-0.25, -0.2) is 10.4 Å². The van der Waals surface area contributed by atoms with Crippen LogP contribution in [0.15, 0.2) is 22.9 Å². The summed E-state index contributed by atoms with van der Waals surface area (Å²) in [6.45, 7) is 2.00. The molecule has 14 heavy (non-hydrogen) atoms. The maximum Gasteiger partial charge on any atom is 0.0981 e. The van der Waals surface area contributed by atoms with Crippen molar-refractivity contribution in [3.8, 4) is 0 Å². The minimum Gasteiger partial charge on any atom is -0.270 e. The van der Waals surface area contributed by atoms with E-state index in [0.29, 0.717) is 0 Å². The Morgan fingerprint density at radius 3 is 2.86 bits per heavy atom. The predicted octanol–water partition coefficient (Wildman–Crippen LogP) is 2.07. The topological polar surface area (TPSA) is 50.9 Å². The largest absolute Gasteiger partial charge is 0.270 e. The summed E-state index contributed by atoms with van der Waals surface area (Å²) in [6, 6.07) is 4.10. The van der Waals surface area contributed by atoms with Gasteiger partial charge in [0.15, 0.2) is 0 Å². The highest BCUT2D eigenvalue weighted by Crippen LogP contribution is 2.25. The Hall–Kier alpha value is -0.750. The van der Waals surface area contributed by atoms with Gasteiger partial charge in [0.25, 0.3) is 0 Å². The number of thiazole rings is 1. The van der Waals surface area contributed by atoms with Gasteiger partial charge in [-0.1, -0.05) is 6.07 Å². The van der Waals surface area contributed by atoms with Crippen molar-refractivity contribution in [1.82, 2.24) is 10.4 Å². The summed E-state index contributed by atoms with van der Waals surface area (Å²) >= 11 is 3.33. The highest BCUT2D eigenvalue weighted by molar-refractivity contribution is 7.10. The van der Waals surface area contributed by atoms with Gasteiger partial charge >= 0.3 is 0 Å². The zero-order valence-electron chi connectivity index (χ0n) is 7.73. The van der Waals surface area contributed by atoms with Gasteiger partial charge in [-0.2, -0.15) is 0 Å². The number of hydrogen-bond acceptors (Lipinski definition) is 5. The molecular formula is C9H11N3S2. The van der Waals surface area contributed by atoms with E-state index in [1.165, 1.54) is 4.88 Å². The van der Waals surface area contributed by atoms with Crippen LogP contribution in [0.1, 0.15) is 21.6 Å². The van der Waals surface area contributed by atoms with Crippen LogP contribution in [-0.2, 0) is 0 Å². The highest BCUT2D eigenvalue weighted by atomic mass is 32.1. The van der Waals surface area contributed by atoms with Crippen molar-refractivity contribution < 1.29 is 0 Å². The number of nitrogens with two attached hydrogens (primary N) is 1. The molecule has 0 aromatic carbocycles. The molecule has 0 aliphatic carbocycles. The third kappa shape index (κ3) is 1.85. The predicted molar refractivity (Wildman–Crippen MR) is 60.3 cm³/mol. The van der Waals surface area contributed by atoms with Crippen molar-refractivity contribution in [2.45, 2.75) is 13.0 Å². The van der Waals surface area contributed by atoms with Crippen LogP contribution in [0.25, 0.3) is 0 Å². The lowest BCUT2D eigenvalue weighted by Crippen LogP contribution is -2.28. The van der Waals surface area contributed by atoms with Crippen molar-refractivity contribution in [2.24, 2.45) is 5.84 Å². The Labute approximate surface area is 90.6 Å². The second-order valence-corrected chi connectivity index (χ2v) is 4.95. The SMILES string of the molecule is Cc1nc(C(NN)c2cccs2)cs1. The van der Waals surface area contributed by atoms with E-state index in [-0.39, 0.29) is 6.04 Å². The fourth-order valence-electron chi connectivity index (χ4n) is 1.28. The summed E-state index contributed by atoms with van der Waals surface area (Å²) in [5, 5.41) is 5.15. The van der Waals surface area contributed by atoms with Crippen molar-refractivity contribution >= 4 is 22.7 Å². The molecule has 74 valence electrons. The molecule has 2 aromatic heterocycles. The number of nitrogens with zero attached hydrogens (tertiary/aromatic N) is 1. The van der Waals surface area contributed by atoms with Crippen LogP contribution in [0, 0.1) is 6.92 Å². The van der Waals surface area contributed by atoms with Gasteiger partial charge in [-0.05, 0) is 18.4 Å². The molecule has 3 nitrogen and oxygen atoms in total. The van der Waals surface area contributed by atoms with Crippen LogP contribution in [-0.4, -0.2) is 4.98 Å². The first-order valence-electron chi connectivity index (χ1n) is 4.23. The van der Waals surface area contributed by atoms with E-state index in [2.05, 4.69) is 16.5 Å². The fourth-order valence-corrected chi connectivity index (χ4v) is 2.72. The molecule has 0 saturated carbocycles. The van der Waals surface area contributed by atoms with E-state index in [9.17, 15) is 0 Å². The molecule has 0 bridgehead atoms. The number of hydrogen-bond donors (Lipinski definition) is 2. The quantitative estimate of drug-likeness (QED) is 0.621. The zero-order chi connectivity index (χ0) is 9.97. The normalized spacial score (nSPS) is 13.0. The number of nitrogens with one attached hydrogen (secondary N) is 1. The zero-order valence-corrected chi connectivity index (χ0v) is 9.36. The van der Waals surface area contributed by atoms with Crippen LogP contribution in [0.3, 0.4) is 0 Å². The standard InChI is InChI=1S/C9H11N3S2/c1-6-11-7(5-14-6)9(12-10)8-3-2-4-13-8/h2-5,9,12H,10H2,1H3. The first kappa shape index (κ1) is 9.79. The van der Waals surface area contributed by atoms with E-state index in [4.69, 9.17) is 5.84 Å². The molecule has 0 aliphatic rings. The minimum absolute atomic E-state index is 0.0277. The van der Waals surface area contributed by atoms with Crippen molar-refractivity contribution in [3.05, 3.63) is 38.5 Å². The summed E-state index contributed by atoms with van der Waals surface area (Å²) in [6.07, 6.45) is 0. The fraction of sp³-hybridized carbons (Fsp3) is 0.222. The molecule has 5 heteroatoms. The Morgan fingerprint density at radius 1 is 1.50 bits per heavy atom. The molecule has 0 saturated heterocycles. The molecule has 0 spiro atoms. The monoisotopic (exact) mass is 225 g/mol. The van der Waals surface area contributed by atoms with Gasteiger partial charge in [0, 0.05) is 10.3 Å². The first-order chi connectivity index (χ1) is 6.81. The van der Waals surface area contributed by atoms with E-state index >= 15 is 0 Å². The maximum absolute atomic E-state index is 5.53. The molecule has 2 rings (SSSR count). The second kappa shape index (κ2) is 4.18. The molecule has 0 amide bonds. The maximum atomic E-state index is 5.53. The summed E-state index contributed by atoms with van der Waals surface area (Å²) < 4.78 is 0. The van der Waals surface area contributed by atoms with Crippen molar-refractivity contribution in [2.75, 3.05) is 0 Å². The average molecular weight is 225 g/mol. The van der Waals surface area contributed by atoms with Gasteiger partial charge in [-0.15, -0.1) is 22.7 Å². The summed E-state index contributed by atoms with van der Waals surface area (Å²) in [7, 11) is 0. The van der Waals surface area contributed by atoms with Crippen LogP contribution in [0.2, 0.25) is 0 Å². The van der Waals surface area contributed by atoms with E-state index in [0.717, 1.165) is 10.7 Å². The van der Waals surface area contributed by atoms with E-state index in [1.54, 1.807) is 22.7 Å². The summed E-state index contributed by atoms with van der Waals surface area (Å²) in [5.41, 5.74) is 3.79. The van der Waals surface area contributed by atoms with E-state index in [1.807, 2.05) is 23.8 Å². The van der Waals surface area contributed by atoms with Crippen LogP contribution in [0.5, 0.6) is 0 Å². The molecule has 0 radical (unpaired) electrons. The minimum atomic E-state index is 0.0277. The lowest BCUT2D eigenvalue weighted by Gasteiger charge is -2.10. The smallest absolute Gasteiger partial charge is 0.0981 e. The Balaban J connectivity index is 2.31. The number of hydrazine groups is 1. The third-order valence-electron chi connectivity index (χ3n) is 1.93. The van der Waals surface area contributed by atoms with Gasteiger partial charge < -0.3 is 0 Å².